The van der Waals surface area contributed by atoms with E-state index in [-0.39, 0.29) is 30.9 Å². The van der Waals surface area contributed by atoms with Crippen molar-refractivity contribution < 1.29 is 44.5 Å². The lowest BCUT2D eigenvalue weighted by Crippen LogP contribution is -2.65. The Morgan fingerprint density at radius 2 is 1.65 bits per heavy atom. The zero-order valence-electron chi connectivity index (χ0n) is 26.1. The summed E-state index contributed by atoms with van der Waals surface area (Å²) in [5.74, 6) is -4.31. The fraction of sp³-hybridized carbons (Fsp3) is 0.966. The Kier molecular flexibility index (Phi) is 12.0. The zero-order valence-corrected chi connectivity index (χ0v) is 26.1. The van der Waals surface area contributed by atoms with Crippen LogP contribution in [0.5, 0.6) is 0 Å². The number of rotatable bonds is 4. The normalized spacial score (nSPS) is 48.8. The van der Waals surface area contributed by atoms with Crippen LogP contribution in [0.4, 0.5) is 0 Å². The molecular formula is C29H56N2O9. The summed E-state index contributed by atoms with van der Waals surface area (Å²) in [5, 5.41) is 59.6. The molecule has 2 heterocycles. The molecule has 11 heteroatoms. The maximum absolute atomic E-state index is 13.2. The van der Waals surface area contributed by atoms with Gasteiger partial charge in [0.2, 0.25) is 5.79 Å². The Morgan fingerprint density at radius 3 is 2.20 bits per heavy atom. The molecule has 2 aliphatic heterocycles. The molecule has 0 aromatic carbocycles. The van der Waals surface area contributed by atoms with E-state index in [1.807, 2.05) is 39.8 Å². The maximum atomic E-state index is 13.2. The van der Waals surface area contributed by atoms with E-state index in [2.05, 4.69) is 5.32 Å². The van der Waals surface area contributed by atoms with Gasteiger partial charge in [-0.1, -0.05) is 27.7 Å². The first-order valence-electron chi connectivity index (χ1n) is 14.7. The van der Waals surface area contributed by atoms with Gasteiger partial charge in [0.15, 0.2) is 11.9 Å². The number of cyclic esters (lactones) is 1. The molecule has 11 nitrogen and oxygen atoms in total. The average Bonchev–Trinajstić information content (AvgIpc) is 2.85. The van der Waals surface area contributed by atoms with Crippen molar-refractivity contribution in [3.8, 4) is 0 Å². The summed E-state index contributed by atoms with van der Waals surface area (Å²) in [5.41, 5.74) is -3.54. The molecule has 0 radical (unpaired) electrons. The zero-order chi connectivity index (χ0) is 30.8. The Labute approximate surface area is 240 Å². The molecule has 0 aliphatic carbocycles. The SMILES string of the molecule is CCC1(O)OC(=O)C(C)CC(C)C(O[C@@H]2O[C@H](C)C[C@H](N(C)C)[C@H]2O)C(C)(O)CC(C)CNC(C)C(O)C1(C)O. The van der Waals surface area contributed by atoms with Gasteiger partial charge in [0, 0.05) is 18.5 Å². The van der Waals surface area contributed by atoms with Gasteiger partial charge in [-0.3, -0.25) is 4.79 Å². The van der Waals surface area contributed by atoms with E-state index in [1.165, 1.54) is 6.92 Å². The van der Waals surface area contributed by atoms with Gasteiger partial charge < -0.3 is 50.0 Å². The Bertz CT molecular complexity index is 825. The standard InChI is InChI=1S/C29H56N2O9/c1-11-29(37)28(8,36)23(33)20(6)30-15-16(2)14-27(7,35)24(17(3)12-18(4)25(34)40-29)39-26-22(32)21(31(9)10)13-19(5)38-26/h16-24,26,30,32-33,35-37H,11-15H2,1-10H3/t16?,17?,18?,19-,20?,21+,22-,23?,24?,26+,27?,28?,29?/m1/s1. The Morgan fingerprint density at radius 1 is 1.05 bits per heavy atom. The molecule has 0 spiro atoms. The Hall–Kier alpha value is -0.890. The van der Waals surface area contributed by atoms with Gasteiger partial charge >= 0.3 is 5.97 Å². The average molecular weight is 577 g/mol. The fourth-order valence-corrected chi connectivity index (χ4v) is 6.38. The predicted octanol–water partition coefficient (Wildman–Crippen LogP) is 0.983. The minimum Gasteiger partial charge on any atom is -0.430 e. The topological polar surface area (TPSA) is 161 Å². The first kappa shape index (κ1) is 35.3. The van der Waals surface area contributed by atoms with Gasteiger partial charge in [0.25, 0.3) is 0 Å². The minimum atomic E-state index is -2.33. The summed E-state index contributed by atoms with van der Waals surface area (Å²) in [4.78, 5) is 15.1. The van der Waals surface area contributed by atoms with E-state index in [4.69, 9.17) is 14.2 Å². The molecule has 0 bridgehead atoms. The van der Waals surface area contributed by atoms with Crippen LogP contribution in [0, 0.1) is 17.8 Å². The lowest BCUT2D eigenvalue weighted by molar-refractivity contribution is -0.308. The number of nitrogens with zero attached hydrogens (tertiary/aromatic N) is 1. The second kappa shape index (κ2) is 13.6. The summed E-state index contributed by atoms with van der Waals surface area (Å²) >= 11 is 0. The highest BCUT2D eigenvalue weighted by atomic mass is 16.7. The third-order valence-corrected chi connectivity index (χ3v) is 8.95. The van der Waals surface area contributed by atoms with Gasteiger partial charge in [0.1, 0.15) is 12.2 Å². The summed E-state index contributed by atoms with van der Waals surface area (Å²) in [7, 11) is 3.78. The number of aliphatic hydroxyl groups excluding tert-OH is 2. The molecule has 0 amide bonds. The van der Waals surface area contributed by atoms with Gasteiger partial charge in [-0.2, -0.15) is 0 Å². The molecule has 0 aromatic rings. The van der Waals surface area contributed by atoms with E-state index in [9.17, 15) is 30.3 Å². The molecule has 40 heavy (non-hydrogen) atoms. The molecule has 2 aliphatic rings. The fourth-order valence-electron chi connectivity index (χ4n) is 6.38. The monoisotopic (exact) mass is 576 g/mol. The number of carbonyl (C=O) groups excluding carboxylic acids is 1. The second-order valence-corrected chi connectivity index (χ2v) is 13.3. The van der Waals surface area contributed by atoms with E-state index in [0.29, 0.717) is 19.4 Å². The van der Waals surface area contributed by atoms with Gasteiger partial charge in [-0.05, 0) is 79.4 Å². The van der Waals surface area contributed by atoms with Crippen LogP contribution in [0.2, 0.25) is 0 Å². The smallest absolute Gasteiger partial charge is 0.311 e. The summed E-state index contributed by atoms with van der Waals surface area (Å²) in [6.07, 6.45) is -3.37. The van der Waals surface area contributed by atoms with Crippen molar-refractivity contribution >= 4 is 5.97 Å². The first-order chi connectivity index (χ1) is 18.3. The van der Waals surface area contributed by atoms with E-state index >= 15 is 0 Å². The number of aliphatic hydroxyl groups is 5. The number of hydrogen-bond acceptors (Lipinski definition) is 11. The number of ether oxygens (including phenoxy) is 3. The first-order valence-corrected chi connectivity index (χ1v) is 14.7. The molecule has 2 fully saturated rings. The van der Waals surface area contributed by atoms with Crippen molar-refractivity contribution in [1.29, 1.82) is 0 Å². The number of hydrogen-bond donors (Lipinski definition) is 6. The molecule has 2 rings (SSSR count). The van der Waals surface area contributed by atoms with Crippen LogP contribution in [0.15, 0.2) is 0 Å². The molecular weight excluding hydrogens is 520 g/mol. The number of likely N-dealkylation sites (N-methyl/N-ethyl adjacent to an activating group) is 1. The van der Waals surface area contributed by atoms with Crippen molar-refractivity contribution in [3.63, 3.8) is 0 Å². The molecule has 13 atom stereocenters. The highest BCUT2D eigenvalue weighted by Crippen LogP contribution is 2.37. The third kappa shape index (κ3) is 7.93. The maximum Gasteiger partial charge on any atom is 0.311 e. The van der Waals surface area contributed by atoms with Crippen molar-refractivity contribution in [2.45, 2.75) is 141 Å². The highest BCUT2D eigenvalue weighted by Gasteiger charge is 2.55. The van der Waals surface area contributed by atoms with E-state index in [1.54, 1.807) is 27.7 Å². The summed E-state index contributed by atoms with van der Waals surface area (Å²) < 4.78 is 17.9. The third-order valence-electron chi connectivity index (χ3n) is 8.95. The predicted molar refractivity (Wildman–Crippen MR) is 150 cm³/mol. The summed E-state index contributed by atoms with van der Waals surface area (Å²) in [6, 6.07) is -0.872. The van der Waals surface area contributed by atoms with Crippen molar-refractivity contribution in [2.75, 3.05) is 20.6 Å². The largest absolute Gasteiger partial charge is 0.430 e. The van der Waals surface area contributed by atoms with E-state index in [0.717, 1.165) is 0 Å². The number of carbonyl (C=O) groups is 1. The molecule has 2 saturated heterocycles. The van der Waals surface area contributed by atoms with Crippen molar-refractivity contribution in [2.24, 2.45) is 17.8 Å². The lowest BCUT2D eigenvalue weighted by Gasteiger charge is -2.46. The minimum absolute atomic E-state index is 0.0935. The van der Waals surface area contributed by atoms with Crippen molar-refractivity contribution in [3.05, 3.63) is 0 Å². The van der Waals surface area contributed by atoms with Crippen LogP contribution in [-0.2, 0) is 19.0 Å². The van der Waals surface area contributed by atoms with Crippen LogP contribution in [0.25, 0.3) is 0 Å². The number of nitrogens with one attached hydrogen (secondary N) is 1. The van der Waals surface area contributed by atoms with Crippen LogP contribution in [0.3, 0.4) is 0 Å². The van der Waals surface area contributed by atoms with Crippen LogP contribution in [0.1, 0.15) is 81.1 Å². The van der Waals surface area contributed by atoms with Crippen molar-refractivity contribution in [1.82, 2.24) is 10.2 Å². The van der Waals surface area contributed by atoms with Crippen LogP contribution >= 0.6 is 0 Å². The molecule has 236 valence electrons. The quantitative estimate of drug-likeness (QED) is 0.265. The van der Waals surface area contributed by atoms with E-state index < -0.39 is 65.4 Å². The molecule has 6 N–H and O–H groups in total. The number of esters is 1. The molecule has 9 unspecified atom stereocenters. The second-order valence-electron chi connectivity index (χ2n) is 13.3. The Balaban J connectivity index is 2.45. The van der Waals surface area contributed by atoms with Gasteiger partial charge in [0.05, 0.1) is 23.7 Å². The summed E-state index contributed by atoms with van der Waals surface area (Å²) in [6.45, 7) is 13.9. The highest BCUT2D eigenvalue weighted by molar-refractivity contribution is 5.72. The van der Waals surface area contributed by atoms with Crippen LogP contribution in [-0.4, -0.2) is 117 Å². The lowest BCUT2D eigenvalue weighted by atomic mass is 9.79. The van der Waals surface area contributed by atoms with Crippen LogP contribution < -0.4 is 5.32 Å². The van der Waals surface area contributed by atoms with Gasteiger partial charge in [-0.15, -0.1) is 0 Å². The molecule has 0 aromatic heterocycles. The van der Waals surface area contributed by atoms with Gasteiger partial charge in [-0.25, -0.2) is 0 Å². The molecule has 0 saturated carbocycles.